The number of halogens is 2. The van der Waals surface area contributed by atoms with Crippen molar-refractivity contribution in [3.8, 4) is 22.3 Å². The van der Waals surface area contributed by atoms with E-state index in [1.165, 1.54) is 5.69 Å². The Hall–Kier alpha value is -2.92. The van der Waals surface area contributed by atoms with Gasteiger partial charge in [0, 0.05) is 70.5 Å². The van der Waals surface area contributed by atoms with Gasteiger partial charge in [-0.2, -0.15) is 0 Å². The topological polar surface area (TPSA) is 45.2 Å². The lowest BCUT2D eigenvalue weighted by Crippen LogP contribution is -2.43. The number of nitrogens with one attached hydrogen (secondary N) is 1. The Balaban J connectivity index is 1.50. The summed E-state index contributed by atoms with van der Waals surface area (Å²) in [7, 11) is 0. The third kappa shape index (κ3) is 4.39. The molecule has 0 atom stereocenters. The van der Waals surface area contributed by atoms with E-state index in [1.807, 2.05) is 31.2 Å². The Morgan fingerprint density at radius 2 is 1.58 bits per heavy atom. The number of nitrogens with zero attached hydrogens (tertiary/aromatic N) is 2. The van der Waals surface area contributed by atoms with Gasteiger partial charge in [-0.3, -0.25) is 9.78 Å². The molecular weight excluding hydrogens is 489 g/mol. The Kier molecular flexibility index (Phi) is 6.20. The molecule has 1 aliphatic heterocycles. The molecule has 1 aliphatic carbocycles. The van der Waals surface area contributed by atoms with Crippen LogP contribution < -0.4 is 10.2 Å². The van der Waals surface area contributed by atoms with Crippen LogP contribution in [-0.2, 0) is 0 Å². The van der Waals surface area contributed by atoms with E-state index in [0.29, 0.717) is 15.6 Å². The number of Topliss-reactive ketones (excluding diaryl/α,β-unsaturated/α-hetero) is 1. The number of hydrogen-bond donors (Lipinski definition) is 1. The quantitative estimate of drug-likeness (QED) is 0.285. The van der Waals surface area contributed by atoms with Crippen molar-refractivity contribution in [2.45, 2.75) is 19.8 Å². The summed E-state index contributed by atoms with van der Waals surface area (Å²) >= 11 is 12.9. The standard InChI is InChI=1S/C30H27Cl2N3O/c1-18-26(31)15-22(16-27(18)32)21-6-9-28-24(14-21)29(25(17-34-28)30(36)20-2-3-20)19-4-7-23(8-5-19)35-12-10-33-11-13-35/h4-9,14-17,20,33H,2-3,10-13H2,1H3. The molecule has 2 aliphatic rings. The highest BCUT2D eigenvalue weighted by Crippen LogP contribution is 2.40. The van der Waals surface area contributed by atoms with Crippen molar-refractivity contribution in [2.24, 2.45) is 5.92 Å². The number of pyridine rings is 1. The molecule has 2 fully saturated rings. The van der Waals surface area contributed by atoms with Gasteiger partial charge in [-0.1, -0.05) is 41.4 Å². The summed E-state index contributed by atoms with van der Waals surface area (Å²) in [6, 6.07) is 18.7. The number of carbonyl (C=O) groups excluding carboxylic acids is 1. The summed E-state index contributed by atoms with van der Waals surface area (Å²) in [6.07, 6.45) is 3.68. The molecule has 0 unspecified atom stereocenters. The molecule has 182 valence electrons. The number of piperazine rings is 1. The molecule has 0 radical (unpaired) electrons. The van der Waals surface area contributed by atoms with Gasteiger partial charge >= 0.3 is 0 Å². The second-order valence-electron chi connectivity index (χ2n) is 9.77. The minimum Gasteiger partial charge on any atom is -0.369 e. The summed E-state index contributed by atoms with van der Waals surface area (Å²) in [6.45, 7) is 5.89. The monoisotopic (exact) mass is 515 g/mol. The fourth-order valence-electron chi connectivity index (χ4n) is 5.01. The van der Waals surface area contributed by atoms with Crippen molar-refractivity contribution in [1.82, 2.24) is 10.3 Å². The molecule has 1 saturated heterocycles. The first-order chi connectivity index (χ1) is 17.5. The minimum absolute atomic E-state index is 0.112. The number of hydrogen-bond acceptors (Lipinski definition) is 4. The molecule has 1 N–H and O–H groups in total. The van der Waals surface area contributed by atoms with Gasteiger partial charge < -0.3 is 10.2 Å². The second kappa shape index (κ2) is 9.51. The summed E-state index contributed by atoms with van der Waals surface area (Å²) in [5.41, 5.74) is 7.55. The number of benzene rings is 3. The van der Waals surface area contributed by atoms with Crippen molar-refractivity contribution in [3.63, 3.8) is 0 Å². The van der Waals surface area contributed by atoms with Crippen LogP contribution in [0.1, 0.15) is 28.8 Å². The zero-order valence-corrected chi connectivity index (χ0v) is 21.7. The first-order valence-electron chi connectivity index (χ1n) is 12.5. The highest BCUT2D eigenvalue weighted by Gasteiger charge is 2.32. The van der Waals surface area contributed by atoms with Crippen molar-refractivity contribution in [2.75, 3.05) is 31.1 Å². The molecule has 2 heterocycles. The van der Waals surface area contributed by atoms with Crippen molar-refractivity contribution in [1.29, 1.82) is 0 Å². The number of aromatic nitrogens is 1. The molecule has 36 heavy (non-hydrogen) atoms. The first kappa shape index (κ1) is 23.5. The van der Waals surface area contributed by atoms with Gasteiger partial charge in [0.1, 0.15) is 0 Å². The highest BCUT2D eigenvalue weighted by molar-refractivity contribution is 6.36. The van der Waals surface area contributed by atoms with Crippen LogP contribution in [0.4, 0.5) is 5.69 Å². The van der Waals surface area contributed by atoms with Crippen molar-refractivity contribution >= 4 is 45.6 Å². The average molecular weight is 516 g/mol. The Bertz CT molecular complexity index is 1450. The summed E-state index contributed by atoms with van der Waals surface area (Å²) in [5, 5.41) is 5.64. The third-order valence-electron chi connectivity index (χ3n) is 7.33. The maximum Gasteiger partial charge on any atom is 0.168 e. The van der Waals surface area contributed by atoms with E-state index in [1.54, 1.807) is 6.20 Å². The number of anilines is 1. The molecule has 4 nitrogen and oxygen atoms in total. The average Bonchev–Trinajstić information content (AvgIpc) is 3.76. The van der Waals surface area contributed by atoms with E-state index >= 15 is 0 Å². The summed E-state index contributed by atoms with van der Waals surface area (Å²) < 4.78 is 0. The molecule has 6 rings (SSSR count). The molecule has 1 saturated carbocycles. The van der Waals surface area contributed by atoms with Crippen molar-refractivity contribution < 1.29 is 4.79 Å². The highest BCUT2D eigenvalue weighted by atomic mass is 35.5. The van der Waals surface area contributed by atoms with E-state index in [4.69, 9.17) is 23.2 Å². The summed E-state index contributed by atoms with van der Waals surface area (Å²) in [5.74, 6) is 0.304. The largest absolute Gasteiger partial charge is 0.369 e. The number of fused-ring (bicyclic) bond motifs is 1. The van der Waals surface area contributed by atoms with E-state index in [0.717, 1.165) is 77.7 Å². The van der Waals surface area contributed by atoms with Gasteiger partial charge in [-0.05, 0) is 78.4 Å². The van der Waals surface area contributed by atoms with E-state index in [2.05, 4.69) is 45.5 Å². The van der Waals surface area contributed by atoms with Crippen molar-refractivity contribution in [3.05, 3.63) is 82.0 Å². The minimum atomic E-state index is 0.112. The van der Waals surface area contributed by atoms with Crippen LogP contribution in [0, 0.1) is 12.8 Å². The summed E-state index contributed by atoms with van der Waals surface area (Å²) in [4.78, 5) is 20.4. The van der Waals surface area contributed by atoms with Gasteiger partial charge in [-0.15, -0.1) is 0 Å². The predicted octanol–water partition coefficient (Wildman–Crippen LogP) is 7.19. The Morgan fingerprint density at radius 1 is 0.917 bits per heavy atom. The van der Waals surface area contributed by atoms with Crippen LogP contribution in [-0.4, -0.2) is 36.9 Å². The molecule has 0 bridgehead atoms. The number of carbonyl (C=O) groups is 1. The molecule has 0 spiro atoms. The maximum absolute atomic E-state index is 13.4. The number of rotatable bonds is 5. The smallest absolute Gasteiger partial charge is 0.168 e. The molecule has 0 amide bonds. The van der Waals surface area contributed by atoms with Crippen LogP contribution in [0.15, 0.2) is 60.8 Å². The zero-order chi connectivity index (χ0) is 24.8. The van der Waals surface area contributed by atoms with Crippen LogP contribution in [0.5, 0.6) is 0 Å². The van der Waals surface area contributed by atoms with Crippen LogP contribution in [0.25, 0.3) is 33.2 Å². The van der Waals surface area contributed by atoms with Gasteiger partial charge in [0.05, 0.1) is 5.52 Å². The van der Waals surface area contributed by atoms with Crippen LogP contribution >= 0.6 is 23.2 Å². The van der Waals surface area contributed by atoms with E-state index in [-0.39, 0.29) is 11.7 Å². The van der Waals surface area contributed by atoms with Gasteiger partial charge in [-0.25, -0.2) is 0 Å². The molecular formula is C30H27Cl2N3O. The van der Waals surface area contributed by atoms with Crippen LogP contribution in [0.2, 0.25) is 10.0 Å². The number of ketones is 1. The zero-order valence-electron chi connectivity index (χ0n) is 20.2. The SMILES string of the molecule is Cc1c(Cl)cc(-c2ccc3ncc(C(=O)C4CC4)c(-c4ccc(N5CCNCC5)cc4)c3c2)cc1Cl. The fraction of sp³-hybridized carbons (Fsp3) is 0.267. The van der Waals surface area contributed by atoms with Gasteiger partial charge in [0.2, 0.25) is 0 Å². The molecule has 4 aromatic rings. The van der Waals surface area contributed by atoms with Gasteiger partial charge in [0.25, 0.3) is 0 Å². The fourth-order valence-corrected chi connectivity index (χ4v) is 5.50. The first-order valence-corrected chi connectivity index (χ1v) is 13.2. The van der Waals surface area contributed by atoms with Crippen LogP contribution in [0.3, 0.4) is 0 Å². The lowest BCUT2D eigenvalue weighted by molar-refractivity contribution is 0.0968. The lowest BCUT2D eigenvalue weighted by atomic mass is 9.91. The molecule has 6 heteroatoms. The van der Waals surface area contributed by atoms with E-state index in [9.17, 15) is 4.79 Å². The Labute approximate surface area is 221 Å². The maximum atomic E-state index is 13.4. The third-order valence-corrected chi connectivity index (χ3v) is 8.12. The Morgan fingerprint density at radius 3 is 2.25 bits per heavy atom. The molecule has 1 aromatic heterocycles. The second-order valence-corrected chi connectivity index (χ2v) is 10.6. The predicted molar refractivity (Wildman–Crippen MR) is 150 cm³/mol. The van der Waals surface area contributed by atoms with E-state index < -0.39 is 0 Å². The normalized spacial score (nSPS) is 15.9. The lowest BCUT2D eigenvalue weighted by Gasteiger charge is -2.29. The molecule has 3 aromatic carbocycles. The van der Waals surface area contributed by atoms with Gasteiger partial charge in [0.15, 0.2) is 5.78 Å².